The van der Waals surface area contributed by atoms with E-state index in [9.17, 15) is 4.79 Å². The molecule has 2 aromatic heterocycles. The molecule has 3 aromatic rings. The van der Waals surface area contributed by atoms with E-state index in [-0.39, 0.29) is 5.91 Å². The fourth-order valence-electron chi connectivity index (χ4n) is 5.09. The van der Waals surface area contributed by atoms with E-state index in [4.69, 9.17) is 0 Å². The van der Waals surface area contributed by atoms with Crippen molar-refractivity contribution >= 4 is 22.6 Å². The second-order valence-corrected chi connectivity index (χ2v) is 8.87. The summed E-state index contributed by atoms with van der Waals surface area (Å²) in [6.45, 7) is 3.85. The number of carbonyl (C=O) groups excluding carboxylic acids is 1. The summed E-state index contributed by atoms with van der Waals surface area (Å²) in [4.78, 5) is 21.2. The van der Waals surface area contributed by atoms with Crippen LogP contribution in [0.1, 0.15) is 47.8 Å². The third-order valence-electron chi connectivity index (χ3n) is 6.92. The fraction of sp³-hybridized carbons (Fsp3) is 0.458. The van der Waals surface area contributed by atoms with Gasteiger partial charge in [-0.1, -0.05) is 19.1 Å². The Morgan fingerprint density at radius 3 is 2.77 bits per heavy atom. The first-order chi connectivity index (χ1) is 14.6. The predicted octanol–water partition coefficient (Wildman–Crippen LogP) is 3.82. The molecule has 6 nitrogen and oxygen atoms in total. The Hall–Kier alpha value is -2.89. The molecule has 1 saturated heterocycles. The number of fused-ring (bicyclic) bond motifs is 3. The van der Waals surface area contributed by atoms with Crippen LogP contribution in [0.4, 0.5) is 5.82 Å². The van der Waals surface area contributed by atoms with Crippen LogP contribution in [-0.4, -0.2) is 52.2 Å². The smallest absolute Gasteiger partial charge is 0.255 e. The SMILES string of the molecule is CC1CCc2[nH]c3c(C(=O)N4CCC(N(C)c5cccnn5)CC4)cccc3c2C1. The Bertz CT molecular complexity index is 1050. The van der Waals surface area contributed by atoms with Crippen molar-refractivity contribution in [3.05, 3.63) is 53.3 Å². The highest BCUT2D eigenvalue weighted by molar-refractivity contribution is 6.06. The molecule has 1 aliphatic carbocycles. The van der Waals surface area contributed by atoms with Gasteiger partial charge >= 0.3 is 0 Å². The summed E-state index contributed by atoms with van der Waals surface area (Å²) in [6.07, 6.45) is 6.97. The first kappa shape index (κ1) is 19.1. The van der Waals surface area contributed by atoms with Gasteiger partial charge in [-0.25, -0.2) is 0 Å². The second kappa shape index (κ2) is 7.74. The number of nitrogens with zero attached hydrogens (tertiary/aromatic N) is 4. The van der Waals surface area contributed by atoms with Crippen LogP contribution in [0.15, 0.2) is 36.5 Å². The van der Waals surface area contributed by atoms with Gasteiger partial charge < -0.3 is 14.8 Å². The molecule has 1 fully saturated rings. The maximum absolute atomic E-state index is 13.4. The number of para-hydroxylation sites is 1. The monoisotopic (exact) mass is 403 g/mol. The lowest BCUT2D eigenvalue weighted by Gasteiger charge is -2.37. The molecule has 1 unspecified atom stereocenters. The number of aromatic amines is 1. The zero-order chi connectivity index (χ0) is 20.7. The molecule has 6 heteroatoms. The van der Waals surface area contributed by atoms with Gasteiger partial charge in [-0.15, -0.1) is 5.10 Å². The number of likely N-dealkylation sites (tertiary alicyclic amines) is 1. The highest BCUT2D eigenvalue weighted by atomic mass is 16.2. The highest BCUT2D eigenvalue weighted by Gasteiger charge is 2.28. The van der Waals surface area contributed by atoms with Crippen LogP contribution < -0.4 is 4.90 Å². The molecule has 1 amide bonds. The molecule has 1 aromatic carbocycles. The van der Waals surface area contributed by atoms with E-state index in [2.05, 4.69) is 40.1 Å². The van der Waals surface area contributed by atoms with E-state index >= 15 is 0 Å². The van der Waals surface area contributed by atoms with Gasteiger partial charge in [0.25, 0.3) is 5.91 Å². The minimum atomic E-state index is 0.146. The number of amides is 1. The lowest BCUT2D eigenvalue weighted by molar-refractivity contribution is 0.0715. The highest BCUT2D eigenvalue weighted by Crippen LogP contribution is 2.33. The van der Waals surface area contributed by atoms with E-state index in [1.54, 1.807) is 6.20 Å². The molecular formula is C24H29N5O. The molecule has 1 N–H and O–H groups in total. The predicted molar refractivity (Wildman–Crippen MR) is 119 cm³/mol. The molecule has 0 saturated carbocycles. The molecule has 1 atom stereocenters. The molecule has 1 aliphatic heterocycles. The van der Waals surface area contributed by atoms with Crippen molar-refractivity contribution in [3.63, 3.8) is 0 Å². The maximum Gasteiger partial charge on any atom is 0.255 e. The van der Waals surface area contributed by atoms with Crippen LogP contribution in [0.5, 0.6) is 0 Å². The number of carbonyl (C=O) groups is 1. The molecule has 3 heterocycles. The van der Waals surface area contributed by atoms with Crippen molar-refractivity contribution in [2.75, 3.05) is 25.0 Å². The lowest BCUT2D eigenvalue weighted by atomic mass is 9.87. The molecular weight excluding hydrogens is 374 g/mol. The second-order valence-electron chi connectivity index (χ2n) is 8.87. The van der Waals surface area contributed by atoms with Gasteiger partial charge in [-0.2, -0.15) is 5.10 Å². The third-order valence-corrected chi connectivity index (χ3v) is 6.92. The van der Waals surface area contributed by atoms with E-state index in [0.29, 0.717) is 12.0 Å². The summed E-state index contributed by atoms with van der Waals surface area (Å²) in [5.41, 5.74) is 4.59. The molecule has 30 heavy (non-hydrogen) atoms. The van der Waals surface area contributed by atoms with Crippen LogP contribution in [-0.2, 0) is 12.8 Å². The Kier molecular flexibility index (Phi) is 4.93. The Morgan fingerprint density at radius 2 is 2.00 bits per heavy atom. The average Bonchev–Trinajstić information content (AvgIpc) is 3.17. The number of hydrogen-bond donors (Lipinski definition) is 1. The first-order valence-electron chi connectivity index (χ1n) is 11.0. The van der Waals surface area contributed by atoms with Gasteiger partial charge in [0.2, 0.25) is 0 Å². The average molecular weight is 404 g/mol. The normalized spacial score (nSPS) is 19.7. The first-order valence-corrected chi connectivity index (χ1v) is 11.0. The number of aromatic nitrogens is 3. The van der Waals surface area contributed by atoms with Crippen LogP contribution in [0.2, 0.25) is 0 Å². The van der Waals surface area contributed by atoms with Crippen LogP contribution in [0, 0.1) is 5.92 Å². The number of aryl methyl sites for hydroxylation is 1. The van der Waals surface area contributed by atoms with Crippen molar-refractivity contribution in [2.24, 2.45) is 5.92 Å². The van der Waals surface area contributed by atoms with Crippen LogP contribution >= 0.6 is 0 Å². The third kappa shape index (κ3) is 3.34. The van der Waals surface area contributed by atoms with Crippen molar-refractivity contribution in [3.8, 4) is 0 Å². The zero-order valence-electron chi connectivity index (χ0n) is 17.8. The summed E-state index contributed by atoms with van der Waals surface area (Å²) in [6, 6.07) is 10.5. The topological polar surface area (TPSA) is 65.1 Å². The summed E-state index contributed by atoms with van der Waals surface area (Å²) in [5, 5.41) is 9.44. The Balaban J connectivity index is 1.33. The summed E-state index contributed by atoms with van der Waals surface area (Å²) < 4.78 is 0. The van der Waals surface area contributed by atoms with Gasteiger partial charge in [-0.3, -0.25) is 4.79 Å². The number of H-pyrrole nitrogens is 1. The minimum Gasteiger partial charge on any atom is -0.358 e. The Morgan fingerprint density at radius 1 is 1.17 bits per heavy atom. The quantitative estimate of drug-likeness (QED) is 0.722. The van der Waals surface area contributed by atoms with Crippen molar-refractivity contribution in [2.45, 2.75) is 45.1 Å². The van der Waals surface area contributed by atoms with Gasteiger partial charge in [0, 0.05) is 43.5 Å². The Labute approximate surface area is 177 Å². The number of nitrogens with one attached hydrogen (secondary N) is 1. The number of hydrogen-bond acceptors (Lipinski definition) is 4. The largest absolute Gasteiger partial charge is 0.358 e. The number of piperidine rings is 1. The van der Waals surface area contributed by atoms with E-state index in [1.807, 2.05) is 29.2 Å². The molecule has 0 radical (unpaired) electrons. The van der Waals surface area contributed by atoms with Crippen molar-refractivity contribution in [1.82, 2.24) is 20.1 Å². The van der Waals surface area contributed by atoms with E-state index in [0.717, 1.165) is 55.7 Å². The fourth-order valence-corrected chi connectivity index (χ4v) is 5.09. The summed E-state index contributed by atoms with van der Waals surface area (Å²) >= 11 is 0. The van der Waals surface area contributed by atoms with Gasteiger partial charge in [0.05, 0.1) is 11.1 Å². The molecule has 156 valence electrons. The van der Waals surface area contributed by atoms with E-state index < -0.39 is 0 Å². The van der Waals surface area contributed by atoms with Gasteiger partial charge in [0.15, 0.2) is 5.82 Å². The lowest BCUT2D eigenvalue weighted by Crippen LogP contribution is -2.46. The van der Waals surface area contributed by atoms with Crippen molar-refractivity contribution < 1.29 is 4.79 Å². The molecule has 5 rings (SSSR count). The zero-order valence-corrected chi connectivity index (χ0v) is 17.8. The number of anilines is 1. The standard InChI is InChI=1S/C24H29N5O/c1-16-8-9-21-20(15-16)18-5-3-6-19(23(18)26-21)24(30)29-13-10-17(11-14-29)28(2)22-7-4-12-25-27-22/h3-7,12,16-17,26H,8-11,13-15H2,1-2H3. The molecule has 0 bridgehead atoms. The number of benzene rings is 1. The van der Waals surface area contributed by atoms with E-state index in [1.165, 1.54) is 23.1 Å². The molecule has 0 spiro atoms. The van der Waals surface area contributed by atoms with Gasteiger partial charge in [0.1, 0.15) is 0 Å². The minimum absolute atomic E-state index is 0.146. The van der Waals surface area contributed by atoms with Gasteiger partial charge in [-0.05, 0) is 61.8 Å². The molecule has 2 aliphatic rings. The summed E-state index contributed by atoms with van der Waals surface area (Å²) in [7, 11) is 2.07. The van der Waals surface area contributed by atoms with Crippen molar-refractivity contribution in [1.29, 1.82) is 0 Å². The van der Waals surface area contributed by atoms with Crippen LogP contribution in [0.25, 0.3) is 10.9 Å². The summed E-state index contributed by atoms with van der Waals surface area (Å²) in [5.74, 6) is 1.74. The maximum atomic E-state index is 13.4. The van der Waals surface area contributed by atoms with Crippen LogP contribution in [0.3, 0.4) is 0 Å². The number of rotatable bonds is 3.